The van der Waals surface area contributed by atoms with Crippen molar-refractivity contribution in [1.82, 2.24) is 15.6 Å². The van der Waals surface area contributed by atoms with Crippen molar-refractivity contribution in [3.63, 3.8) is 0 Å². The minimum atomic E-state index is -4.64. The van der Waals surface area contributed by atoms with Gasteiger partial charge in [-0.15, -0.1) is 0 Å². The zero-order valence-corrected chi connectivity index (χ0v) is 19.3. The molecule has 5 rings (SSSR count). The van der Waals surface area contributed by atoms with Crippen molar-refractivity contribution in [3.8, 4) is 17.2 Å². The summed E-state index contributed by atoms with van der Waals surface area (Å²) in [5.41, 5.74) is -0.0403. The number of nitrogens with one attached hydrogen (secondary N) is 3. The van der Waals surface area contributed by atoms with Gasteiger partial charge in [-0.2, -0.15) is 13.2 Å². The van der Waals surface area contributed by atoms with E-state index in [-0.39, 0.29) is 35.4 Å². The van der Waals surface area contributed by atoms with E-state index in [4.69, 9.17) is 21.1 Å². The second-order valence-electron chi connectivity index (χ2n) is 8.18. The molecular weight excluding hydrogens is 501 g/mol. The Morgan fingerprint density at radius 2 is 1.86 bits per heavy atom. The molecule has 2 heterocycles. The topological polar surface area (TPSA) is 102 Å². The van der Waals surface area contributed by atoms with Gasteiger partial charge in [0.25, 0.3) is 5.91 Å². The Morgan fingerprint density at radius 3 is 2.61 bits per heavy atom. The third-order valence-electron chi connectivity index (χ3n) is 5.81. The fourth-order valence-electron chi connectivity index (χ4n) is 4.08. The van der Waals surface area contributed by atoms with Crippen LogP contribution in [0, 0.1) is 0 Å². The van der Waals surface area contributed by atoms with Crippen molar-refractivity contribution in [2.75, 3.05) is 12.4 Å². The molecule has 3 aromatic rings. The second kappa shape index (κ2) is 8.90. The minimum Gasteiger partial charge on any atom is -0.487 e. The molecule has 0 saturated heterocycles. The summed E-state index contributed by atoms with van der Waals surface area (Å²) in [7, 11) is 1.50. The molecular formula is C24H18ClF3N4O4. The first kappa shape index (κ1) is 23.7. The number of carbonyl (C=O) groups excluding carboxylic acids is 2. The molecule has 1 aromatic heterocycles. The molecule has 1 aliphatic carbocycles. The largest absolute Gasteiger partial charge is 0.487 e. The highest BCUT2D eigenvalue weighted by molar-refractivity contribution is 6.31. The Kier molecular flexibility index (Phi) is 5.87. The van der Waals surface area contributed by atoms with Gasteiger partial charge in [-0.05, 0) is 42.5 Å². The van der Waals surface area contributed by atoms with E-state index in [0.29, 0.717) is 17.2 Å². The van der Waals surface area contributed by atoms with Crippen LogP contribution < -0.4 is 25.4 Å². The molecule has 1 fully saturated rings. The summed E-state index contributed by atoms with van der Waals surface area (Å²) in [6.45, 7) is 0. The number of amides is 3. The van der Waals surface area contributed by atoms with Crippen LogP contribution in [0.1, 0.15) is 27.5 Å². The van der Waals surface area contributed by atoms with Crippen LogP contribution in [0.4, 0.5) is 23.7 Å². The highest BCUT2D eigenvalue weighted by atomic mass is 35.5. The van der Waals surface area contributed by atoms with Crippen LogP contribution in [-0.4, -0.2) is 36.1 Å². The van der Waals surface area contributed by atoms with Crippen LogP contribution >= 0.6 is 11.6 Å². The number of ether oxygens (including phenoxy) is 2. The number of benzene rings is 2. The van der Waals surface area contributed by atoms with Crippen molar-refractivity contribution < 1.29 is 32.2 Å². The van der Waals surface area contributed by atoms with Gasteiger partial charge < -0.3 is 25.4 Å². The number of nitrogens with zero attached hydrogens (tertiary/aromatic N) is 1. The first-order valence-electron chi connectivity index (χ1n) is 10.7. The zero-order chi connectivity index (χ0) is 25.6. The summed E-state index contributed by atoms with van der Waals surface area (Å²) >= 11 is 5.62. The quantitative estimate of drug-likeness (QED) is 0.443. The number of urea groups is 1. The van der Waals surface area contributed by atoms with Crippen molar-refractivity contribution in [2.45, 2.75) is 24.2 Å². The van der Waals surface area contributed by atoms with Gasteiger partial charge in [0, 0.05) is 30.6 Å². The molecule has 0 spiro atoms. The molecule has 186 valence electrons. The normalized spacial score (nSPS) is 19.4. The lowest BCUT2D eigenvalue weighted by Crippen LogP contribution is -2.34. The molecule has 3 N–H and O–H groups in total. The molecule has 1 unspecified atom stereocenters. The Morgan fingerprint density at radius 1 is 1.08 bits per heavy atom. The van der Waals surface area contributed by atoms with Crippen LogP contribution in [0.2, 0.25) is 5.02 Å². The van der Waals surface area contributed by atoms with Gasteiger partial charge in [0.15, 0.2) is 0 Å². The number of aromatic nitrogens is 1. The summed E-state index contributed by atoms with van der Waals surface area (Å²) in [6.07, 6.45) is -3.47. The fourth-order valence-corrected chi connectivity index (χ4v) is 4.30. The number of hydrogen-bond donors (Lipinski definition) is 3. The first-order valence-corrected chi connectivity index (χ1v) is 11.1. The lowest BCUT2D eigenvalue weighted by molar-refractivity contribution is -0.137. The van der Waals surface area contributed by atoms with Gasteiger partial charge in [-0.3, -0.25) is 9.78 Å². The standard InChI is InChI=1S/C24H18ClF3N4O4/c1-29-22(33)17-10-13(6-7-30-17)35-12-3-5-18-14(9-12)19-20(21(19)36-18)32-23(34)31-11-2-4-16(25)15(8-11)24(26,27)28/h2-10,19-21H,1H3,(H,29,33)(H2,31,32,34)/t19-,20?,21-/m0/s1. The highest BCUT2D eigenvalue weighted by Crippen LogP contribution is 2.54. The number of fused-ring (bicyclic) bond motifs is 3. The van der Waals surface area contributed by atoms with E-state index in [1.165, 1.54) is 25.4 Å². The van der Waals surface area contributed by atoms with E-state index in [0.717, 1.165) is 17.7 Å². The van der Waals surface area contributed by atoms with Gasteiger partial charge in [0.05, 0.1) is 22.5 Å². The van der Waals surface area contributed by atoms with E-state index in [2.05, 4.69) is 20.9 Å². The van der Waals surface area contributed by atoms with E-state index < -0.39 is 22.8 Å². The number of carbonyl (C=O) groups is 2. The lowest BCUT2D eigenvalue weighted by atomic mass is 10.1. The molecule has 2 aliphatic rings. The molecule has 3 amide bonds. The number of alkyl halides is 3. The average molecular weight is 519 g/mol. The number of anilines is 1. The van der Waals surface area contributed by atoms with Crippen LogP contribution in [0.5, 0.6) is 17.2 Å². The number of rotatable bonds is 5. The Hall–Kier alpha value is -3.99. The van der Waals surface area contributed by atoms with Gasteiger partial charge in [0.2, 0.25) is 0 Å². The molecule has 12 heteroatoms. The predicted octanol–water partition coefficient (Wildman–Crippen LogP) is 4.95. The second-order valence-corrected chi connectivity index (χ2v) is 8.59. The SMILES string of the molecule is CNC(=O)c1cc(Oc2ccc3c(c2)[C@H]2C(NC(=O)Nc4ccc(Cl)c(C(F)(F)F)c4)[C@H]2O3)ccn1. The Bertz CT molecular complexity index is 1370. The fraction of sp³-hybridized carbons (Fsp3) is 0.208. The molecule has 36 heavy (non-hydrogen) atoms. The van der Waals surface area contributed by atoms with Gasteiger partial charge in [0.1, 0.15) is 29.0 Å². The number of halogens is 4. The van der Waals surface area contributed by atoms with E-state index in [1.54, 1.807) is 24.3 Å². The maximum Gasteiger partial charge on any atom is 0.417 e. The van der Waals surface area contributed by atoms with Crippen molar-refractivity contribution in [1.29, 1.82) is 0 Å². The third kappa shape index (κ3) is 4.61. The molecule has 1 aliphatic heterocycles. The lowest BCUT2D eigenvalue weighted by Gasteiger charge is -2.14. The smallest absolute Gasteiger partial charge is 0.417 e. The summed E-state index contributed by atoms with van der Waals surface area (Å²) in [4.78, 5) is 28.2. The van der Waals surface area contributed by atoms with Crippen LogP contribution in [0.25, 0.3) is 0 Å². The summed E-state index contributed by atoms with van der Waals surface area (Å²) in [5.74, 6) is 1.10. The molecule has 0 radical (unpaired) electrons. The first-order chi connectivity index (χ1) is 17.1. The van der Waals surface area contributed by atoms with Crippen LogP contribution in [0.15, 0.2) is 54.7 Å². The molecule has 8 nitrogen and oxygen atoms in total. The number of pyridine rings is 1. The monoisotopic (exact) mass is 518 g/mol. The van der Waals surface area contributed by atoms with E-state index >= 15 is 0 Å². The Labute approximate surface area is 207 Å². The molecule has 1 saturated carbocycles. The minimum absolute atomic E-state index is 0.0412. The highest BCUT2D eigenvalue weighted by Gasteiger charge is 2.59. The molecule has 0 bridgehead atoms. The predicted molar refractivity (Wildman–Crippen MR) is 124 cm³/mol. The van der Waals surface area contributed by atoms with Gasteiger partial charge in [-0.25, -0.2) is 4.79 Å². The maximum atomic E-state index is 13.1. The van der Waals surface area contributed by atoms with Crippen molar-refractivity contribution in [3.05, 3.63) is 76.6 Å². The average Bonchev–Trinajstić information content (AvgIpc) is 3.35. The van der Waals surface area contributed by atoms with E-state index in [9.17, 15) is 22.8 Å². The van der Waals surface area contributed by atoms with Gasteiger partial charge >= 0.3 is 12.2 Å². The van der Waals surface area contributed by atoms with Gasteiger partial charge in [-0.1, -0.05) is 11.6 Å². The Balaban J connectivity index is 1.24. The third-order valence-corrected chi connectivity index (χ3v) is 6.14. The summed E-state index contributed by atoms with van der Waals surface area (Å²) in [6, 6.07) is 10.5. The van der Waals surface area contributed by atoms with Crippen molar-refractivity contribution in [2.24, 2.45) is 0 Å². The zero-order valence-electron chi connectivity index (χ0n) is 18.5. The summed E-state index contributed by atoms with van der Waals surface area (Å²) < 4.78 is 50.9. The molecule has 3 atom stereocenters. The molecule has 2 aromatic carbocycles. The van der Waals surface area contributed by atoms with Crippen LogP contribution in [-0.2, 0) is 6.18 Å². The van der Waals surface area contributed by atoms with E-state index in [1.807, 2.05) is 0 Å². The maximum absolute atomic E-state index is 13.1. The summed E-state index contributed by atoms with van der Waals surface area (Å²) in [5, 5.41) is 7.17. The van der Waals surface area contributed by atoms with Crippen molar-refractivity contribution >= 4 is 29.2 Å². The number of hydrogen-bond acceptors (Lipinski definition) is 5. The van der Waals surface area contributed by atoms with Crippen LogP contribution in [0.3, 0.4) is 0 Å².